The maximum atomic E-state index is 11.4. The third-order valence-corrected chi connectivity index (χ3v) is 2.21. The summed E-state index contributed by atoms with van der Waals surface area (Å²) in [6.45, 7) is 0. The Hall–Kier alpha value is -2.31. The number of fused-ring (bicyclic) bond motifs is 1. The molecule has 0 radical (unpaired) electrons. The SMILES string of the molecule is COC(=O)c1ncnc2c(N=O)cn(C)c12. The first kappa shape index (κ1) is 10.2. The van der Waals surface area contributed by atoms with E-state index in [1.807, 2.05) is 0 Å². The van der Waals surface area contributed by atoms with Crippen molar-refractivity contribution in [1.82, 2.24) is 14.5 Å². The molecular formula is C9H8N4O3. The number of hydrogen-bond donors (Lipinski definition) is 0. The fourth-order valence-corrected chi connectivity index (χ4v) is 1.52. The molecule has 2 aromatic rings. The van der Waals surface area contributed by atoms with Crippen LogP contribution in [0, 0.1) is 4.91 Å². The molecule has 82 valence electrons. The van der Waals surface area contributed by atoms with Gasteiger partial charge in [0.15, 0.2) is 11.4 Å². The number of rotatable bonds is 2. The summed E-state index contributed by atoms with van der Waals surface area (Å²) < 4.78 is 6.16. The van der Waals surface area contributed by atoms with Gasteiger partial charge in [-0.15, -0.1) is 4.91 Å². The van der Waals surface area contributed by atoms with E-state index in [0.717, 1.165) is 0 Å². The van der Waals surface area contributed by atoms with Crippen LogP contribution in [0.2, 0.25) is 0 Å². The van der Waals surface area contributed by atoms with Crippen molar-refractivity contribution in [2.75, 3.05) is 7.11 Å². The van der Waals surface area contributed by atoms with Crippen molar-refractivity contribution in [2.24, 2.45) is 12.2 Å². The maximum absolute atomic E-state index is 11.4. The molecule has 0 aliphatic rings. The molecule has 0 bridgehead atoms. The van der Waals surface area contributed by atoms with Gasteiger partial charge in [-0.25, -0.2) is 14.8 Å². The fraction of sp³-hybridized carbons (Fsp3) is 0.222. The van der Waals surface area contributed by atoms with Gasteiger partial charge in [0.2, 0.25) is 0 Å². The van der Waals surface area contributed by atoms with Gasteiger partial charge in [0.25, 0.3) is 0 Å². The third-order valence-electron chi connectivity index (χ3n) is 2.21. The average Bonchev–Trinajstić information content (AvgIpc) is 2.65. The molecule has 0 fully saturated rings. The lowest BCUT2D eigenvalue weighted by Crippen LogP contribution is -2.07. The highest BCUT2D eigenvalue weighted by atomic mass is 16.5. The number of nitrogens with zero attached hydrogens (tertiary/aromatic N) is 4. The lowest BCUT2D eigenvalue weighted by Gasteiger charge is -2.01. The molecule has 0 aliphatic heterocycles. The molecule has 2 heterocycles. The highest BCUT2D eigenvalue weighted by molar-refractivity contribution is 6.03. The highest BCUT2D eigenvalue weighted by Gasteiger charge is 2.18. The maximum Gasteiger partial charge on any atom is 0.358 e. The summed E-state index contributed by atoms with van der Waals surface area (Å²) in [5, 5.41) is 2.83. The summed E-state index contributed by atoms with van der Waals surface area (Å²) in [5.74, 6) is -0.578. The minimum absolute atomic E-state index is 0.116. The smallest absolute Gasteiger partial charge is 0.358 e. The number of ether oxygens (including phenoxy) is 1. The summed E-state index contributed by atoms with van der Waals surface area (Å²) in [5.41, 5.74) is 1.06. The molecule has 0 spiro atoms. The molecule has 0 aromatic carbocycles. The second-order valence-corrected chi connectivity index (χ2v) is 3.13. The van der Waals surface area contributed by atoms with Crippen LogP contribution in [-0.4, -0.2) is 27.6 Å². The van der Waals surface area contributed by atoms with Gasteiger partial charge < -0.3 is 9.30 Å². The minimum atomic E-state index is -0.578. The largest absolute Gasteiger partial charge is 0.464 e. The van der Waals surface area contributed by atoms with Crippen molar-refractivity contribution in [3.8, 4) is 0 Å². The molecule has 0 saturated carbocycles. The van der Waals surface area contributed by atoms with Crippen LogP contribution >= 0.6 is 0 Å². The van der Waals surface area contributed by atoms with Crippen LogP contribution in [0.5, 0.6) is 0 Å². The van der Waals surface area contributed by atoms with Gasteiger partial charge in [-0.3, -0.25) is 0 Å². The molecule has 2 rings (SSSR count). The van der Waals surface area contributed by atoms with Gasteiger partial charge in [-0.1, -0.05) is 0 Å². The second-order valence-electron chi connectivity index (χ2n) is 3.13. The summed E-state index contributed by atoms with van der Waals surface area (Å²) in [4.78, 5) is 29.7. The molecule has 0 unspecified atom stereocenters. The van der Waals surface area contributed by atoms with E-state index in [4.69, 9.17) is 0 Å². The number of nitroso groups, excluding NO2 is 1. The molecular weight excluding hydrogens is 212 g/mol. The van der Waals surface area contributed by atoms with Crippen LogP contribution in [-0.2, 0) is 11.8 Å². The Labute approximate surface area is 90.0 Å². The predicted octanol–water partition coefficient (Wildman–Crippen LogP) is 1.15. The van der Waals surface area contributed by atoms with E-state index in [2.05, 4.69) is 19.9 Å². The fourth-order valence-electron chi connectivity index (χ4n) is 1.52. The summed E-state index contributed by atoms with van der Waals surface area (Å²) >= 11 is 0. The van der Waals surface area contributed by atoms with Gasteiger partial charge >= 0.3 is 5.97 Å². The molecule has 7 heteroatoms. The van der Waals surface area contributed by atoms with Crippen LogP contribution in [0.25, 0.3) is 11.0 Å². The molecule has 7 nitrogen and oxygen atoms in total. The number of methoxy groups -OCH3 is 1. The van der Waals surface area contributed by atoms with Crippen molar-refractivity contribution in [2.45, 2.75) is 0 Å². The Balaban J connectivity index is 2.82. The average molecular weight is 220 g/mol. The molecule has 0 saturated heterocycles. The number of carbonyl (C=O) groups excluding carboxylic acids is 1. The predicted molar refractivity (Wildman–Crippen MR) is 55.3 cm³/mol. The van der Waals surface area contributed by atoms with E-state index in [-0.39, 0.29) is 11.4 Å². The molecule has 0 N–H and O–H groups in total. The van der Waals surface area contributed by atoms with Crippen LogP contribution in [0.4, 0.5) is 5.69 Å². The van der Waals surface area contributed by atoms with Gasteiger partial charge in [-0.2, -0.15) is 0 Å². The van der Waals surface area contributed by atoms with Crippen LogP contribution < -0.4 is 0 Å². The quantitative estimate of drug-likeness (QED) is 0.559. The first-order valence-corrected chi connectivity index (χ1v) is 4.40. The first-order valence-electron chi connectivity index (χ1n) is 4.40. The molecule has 0 atom stereocenters. The summed E-state index contributed by atoms with van der Waals surface area (Å²) in [6.07, 6.45) is 2.68. The number of aromatic nitrogens is 3. The van der Waals surface area contributed by atoms with E-state index < -0.39 is 5.97 Å². The van der Waals surface area contributed by atoms with E-state index in [0.29, 0.717) is 11.0 Å². The van der Waals surface area contributed by atoms with Gasteiger partial charge in [-0.05, 0) is 5.18 Å². The van der Waals surface area contributed by atoms with Crippen LogP contribution in [0.15, 0.2) is 17.7 Å². The molecule has 0 amide bonds. The Kier molecular flexibility index (Phi) is 2.35. The van der Waals surface area contributed by atoms with E-state index in [9.17, 15) is 9.70 Å². The van der Waals surface area contributed by atoms with Crippen LogP contribution in [0.1, 0.15) is 10.5 Å². The summed E-state index contributed by atoms with van der Waals surface area (Å²) in [6, 6.07) is 0. The number of aryl methyl sites for hydroxylation is 1. The molecule has 2 aromatic heterocycles. The summed E-state index contributed by atoms with van der Waals surface area (Å²) in [7, 11) is 2.94. The van der Waals surface area contributed by atoms with Gasteiger partial charge in [0, 0.05) is 13.2 Å². The molecule has 16 heavy (non-hydrogen) atoms. The second kappa shape index (κ2) is 3.69. The standard InChI is InChI=1S/C9H8N4O3/c1-13-3-5(12-15)6-8(13)7(9(14)16-2)11-4-10-6/h3-4H,1-2H3. The van der Waals surface area contributed by atoms with Gasteiger partial charge in [0.05, 0.1) is 7.11 Å². The Morgan fingerprint density at radius 2 is 2.25 bits per heavy atom. The van der Waals surface area contributed by atoms with Gasteiger partial charge in [0.1, 0.15) is 17.4 Å². The highest BCUT2D eigenvalue weighted by Crippen LogP contribution is 2.26. The topological polar surface area (TPSA) is 86.4 Å². The van der Waals surface area contributed by atoms with Crippen molar-refractivity contribution < 1.29 is 9.53 Å². The lowest BCUT2D eigenvalue weighted by molar-refractivity contribution is 0.0596. The van der Waals surface area contributed by atoms with E-state index in [1.54, 1.807) is 11.6 Å². The van der Waals surface area contributed by atoms with Crippen molar-refractivity contribution >= 4 is 22.7 Å². The first-order chi connectivity index (χ1) is 7.69. The lowest BCUT2D eigenvalue weighted by atomic mass is 10.3. The monoisotopic (exact) mass is 220 g/mol. The Morgan fingerprint density at radius 1 is 1.50 bits per heavy atom. The normalized spacial score (nSPS) is 10.4. The third kappa shape index (κ3) is 1.33. The van der Waals surface area contributed by atoms with E-state index >= 15 is 0 Å². The van der Waals surface area contributed by atoms with E-state index in [1.165, 1.54) is 19.6 Å². The number of hydrogen-bond acceptors (Lipinski definition) is 6. The van der Waals surface area contributed by atoms with Crippen molar-refractivity contribution in [1.29, 1.82) is 0 Å². The van der Waals surface area contributed by atoms with Crippen molar-refractivity contribution in [3.05, 3.63) is 23.1 Å². The molecule has 0 aliphatic carbocycles. The Morgan fingerprint density at radius 3 is 2.88 bits per heavy atom. The minimum Gasteiger partial charge on any atom is -0.464 e. The Bertz CT molecular complexity index is 575. The van der Waals surface area contributed by atoms with Crippen LogP contribution in [0.3, 0.4) is 0 Å². The zero-order chi connectivity index (χ0) is 11.7. The zero-order valence-electron chi connectivity index (χ0n) is 8.67. The number of carbonyl (C=O) groups is 1. The zero-order valence-corrected chi connectivity index (χ0v) is 8.67. The van der Waals surface area contributed by atoms with Crippen molar-refractivity contribution in [3.63, 3.8) is 0 Å². The number of esters is 1.